The third-order valence-corrected chi connectivity index (χ3v) is 4.64. The van der Waals surface area contributed by atoms with Gasteiger partial charge in [-0.1, -0.05) is 12.1 Å². The number of carbonyl (C=O) groups is 1. The molecule has 0 saturated carbocycles. The summed E-state index contributed by atoms with van der Waals surface area (Å²) in [4.78, 5) is 18.2. The van der Waals surface area contributed by atoms with E-state index in [-0.39, 0.29) is 24.2 Å². The van der Waals surface area contributed by atoms with E-state index in [0.717, 1.165) is 5.56 Å². The van der Waals surface area contributed by atoms with Crippen LogP contribution in [0.2, 0.25) is 0 Å². The Hall–Kier alpha value is -3.00. The van der Waals surface area contributed by atoms with E-state index in [1.54, 1.807) is 25.1 Å². The molecule has 27 heavy (non-hydrogen) atoms. The maximum atomic E-state index is 13.7. The van der Waals surface area contributed by atoms with Crippen molar-refractivity contribution in [2.45, 2.75) is 25.5 Å². The molecule has 7 nitrogen and oxygen atoms in total. The van der Waals surface area contributed by atoms with Crippen molar-refractivity contribution >= 4 is 17.4 Å². The largest absolute Gasteiger partial charge is 0.461 e. The quantitative estimate of drug-likeness (QED) is 0.710. The molecule has 2 unspecified atom stereocenters. The van der Waals surface area contributed by atoms with Crippen molar-refractivity contribution in [2.75, 3.05) is 18.1 Å². The fourth-order valence-corrected chi connectivity index (χ4v) is 3.46. The zero-order valence-corrected chi connectivity index (χ0v) is 14.7. The molecule has 0 radical (unpaired) electrons. The first-order valence-electron chi connectivity index (χ1n) is 8.79. The van der Waals surface area contributed by atoms with Crippen LogP contribution in [-0.4, -0.2) is 44.9 Å². The number of rotatable bonds is 4. The van der Waals surface area contributed by atoms with Crippen LogP contribution >= 0.6 is 0 Å². The van der Waals surface area contributed by atoms with Crippen molar-refractivity contribution in [1.29, 1.82) is 0 Å². The van der Waals surface area contributed by atoms with Crippen molar-refractivity contribution in [2.24, 2.45) is 0 Å². The number of nitrogens with zero attached hydrogens (tertiary/aromatic N) is 4. The summed E-state index contributed by atoms with van der Waals surface area (Å²) >= 11 is 0. The second-order valence-electron chi connectivity index (χ2n) is 6.44. The van der Waals surface area contributed by atoms with Crippen molar-refractivity contribution in [3.05, 3.63) is 59.7 Å². The van der Waals surface area contributed by atoms with Crippen LogP contribution in [0.3, 0.4) is 0 Å². The highest BCUT2D eigenvalue weighted by Gasteiger charge is 2.33. The van der Waals surface area contributed by atoms with Gasteiger partial charge in [-0.2, -0.15) is 0 Å². The Morgan fingerprint density at radius 2 is 2.22 bits per heavy atom. The molecule has 3 heterocycles. The number of esters is 1. The molecule has 0 amide bonds. The number of anilines is 1. The lowest BCUT2D eigenvalue weighted by molar-refractivity contribution is 0.0516. The van der Waals surface area contributed by atoms with E-state index in [9.17, 15) is 14.3 Å². The fraction of sp³-hybridized carbons (Fsp3) is 0.316. The smallest absolute Gasteiger partial charge is 0.358 e. The first-order valence-corrected chi connectivity index (χ1v) is 8.79. The van der Waals surface area contributed by atoms with Crippen LogP contribution in [0, 0.1) is 5.82 Å². The van der Waals surface area contributed by atoms with Gasteiger partial charge in [-0.05, 0) is 43.2 Å². The third-order valence-electron chi connectivity index (χ3n) is 4.64. The van der Waals surface area contributed by atoms with Crippen LogP contribution in [0.4, 0.5) is 10.2 Å². The molecule has 3 aromatic rings. The number of benzene rings is 1. The first kappa shape index (κ1) is 17.4. The lowest BCUT2D eigenvalue weighted by Crippen LogP contribution is -2.26. The highest BCUT2D eigenvalue weighted by Crippen LogP contribution is 2.35. The number of fused-ring (bicyclic) bond motifs is 1. The van der Waals surface area contributed by atoms with Gasteiger partial charge in [0.2, 0.25) is 0 Å². The van der Waals surface area contributed by atoms with Crippen LogP contribution in [0.25, 0.3) is 5.65 Å². The summed E-state index contributed by atoms with van der Waals surface area (Å²) in [6.07, 6.45) is 1.34. The lowest BCUT2D eigenvalue weighted by atomic mass is 10.0. The van der Waals surface area contributed by atoms with E-state index >= 15 is 0 Å². The predicted octanol–water partition coefficient (Wildman–Crippen LogP) is 2.36. The van der Waals surface area contributed by atoms with Gasteiger partial charge in [-0.3, -0.25) is 0 Å². The lowest BCUT2D eigenvalue weighted by Gasteiger charge is -2.25. The average Bonchev–Trinajstić information content (AvgIpc) is 3.25. The summed E-state index contributed by atoms with van der Waals surface area (Å²) in [7, 11) is 0. The second kappa shape index (κ2) is 6.96. The van der Waals surface area contributed by atoms with Gasteiger partial charge in [0.25, 0.3) is 0 Å². The maximum absolute atomic E-state index is 13.7. The number of halogens is 1. The second-order valence-corrected chi connectivity index (χ2v) is 6.44. The van der Waals surface area contributed by atoms with Gasteiger partial charge >= 0.3 is 5.97 Å². The minimum Gasteiger partial charge on any atom is -0.461 e. The number of β-amino-alcohol motifs (C(OH)–C–C–N with tert-alkyl or cyclic N) is 1. The number of hydrogen-bond donors (Lipinski definition) is 1. The predicted molar refractivity (Wildman–Crippen MR) is 96.1 cm³/mol. The molecule has 1 saturated heterocycles. The number of aliphatic hydroxyl groups excluding tert-OH is 1. The molecular formula is C19H19FN4O3. The molecule has 0 bridgehead atoms. The molecule has 140 valence electrons. The van der Waals surface area contributed by atoms with E-state index < -0.39 is 12.1 Å². The zero-order valence-electron chi connectivity index (χ0n) is 14.7. The van der Waals surface area contributed by atoms with Gasteiger partial charge in [-0.15, -0.1) is 5.10 Å². The minimum atomic E-state index is -0.553. The van der Waals surface area contributed by atoms with Crippen molar-refractivity contribution < 1.29 is 19.0 Å². The molecule has 0 spiro atoms. The van der Waals surface area contributed by atoms with Gasteiger partial charge in [0, 0.05) is 6.54 Å². The summed E-state index contributed by atoms with van der Waals surface area (Å²) in [6.45, 7) is 2.35. The Balaban J connectivity index is 1.73. The number of aromatic nitrogens is 3. The standard InChI is InChI=1S/C19H19FN4O3/c1-2-27-19(26)16-10-21-17-6-7-18(22-24(16)17)23-11-14(25)9-15(23)12-4-3-5-13(20)8-12/h3-8,10,14-15,25H,2,9,11H2,1H3. The molecule has 1 fully saturated rings. The van der Waals surface area contributed by atoms with Crippen LogP contribution in [0.15, 0.2) is 42.6 Å². The van der Waals surface area contributed by atoms with Gasteiger partial charge < -0.3 is 14.7 Å². The Kier molecular flexibility index (Phi) is 4.49. The number of aliphatic hydroxyl groups is 1. The topological polar surface area (TPSA) is 80.0 Å². The number of carbonyl (C=O) groups excluding carboxylic acids is 1. The highest BCUT2D eigenvalue weighted by molar-refractivity contribution is 5.88. The summed E-state index contributed by atoms with van der Waals surface area (Å²) in [6, 6.07) is 9.66. The van der Waals surface area contributed by atoms with E-state index in [2.05, 4.69) is 10.1 Å². The molecule has 2 aromatic heterocycles. The Morgan fingerprint density at radius 1 is 1.37 bits per heavy atom. The molecule has 8 heteroatoms. The summed E-state index contributed by atoms with van der Waals surface area (Å²) in [5.41, 5.74) is 1.52. The van der Waals surface area contributed by atoms with E-state index in [4.69, 9.17) is 4.74 Å². The zero-order chi connectivity index (χ0) is 19.0. The Morgan fingerprint density at radius 3 is 3.00 bits per heavy atom. The molecule has 0 aliphatic carbocycles. The fourth-order valence-electron chi connectivity index (χ4n) is 3.46. The van der Waals surface area contributed by atoms with Crippen molar-refractivity contribution in [1.82, 2.24) is 14.6 Å². The monoisotopic (exact) mass is 370 g/mol. The van der Waals surface area contributed by atoms with Crippen LogP contribution in [-0.2, 0) is 4.74 Å². The Labute approximate surface area is 155 Å². The molecule has 1 aliphatic rings. The highest BCUT2D eigenvalue weighted by atomic mass is 19.1. The minimum absolute atomic E-state index is 0.213. The average molecular weight is 370 g/mol. The molecule has 1 N–H and O–H groups in total. The van der Waals surface area contributed by atoms with Gasteiger partial charge in [0.15, 0.2) is 11.3 Å². The first-order chi connectivity index (χ1) is 13.1. The molecule has 1 aliphatic heterocycles. The number of hydrogen-bond acceptors (Lipinski definition) is 6. The Bertz CT molecular complexity index is 990. The van der Waals surface area contributed by atoms with Crippen LogP contribution < -0.4 is 4.90 Å². The van der Waals surface area contributed by atoms with E-state index in [0.29, 0.717) is 24.4 Å². The summed E-state index contributed by atoms with van der Waals surface area (Å²) in [5.74, 6) is -0.258. The van der Waals surface area contributed by atoms with E-state index in [1.807, 2.05) is 11.0 Å². The van der Waals surface area contributed by atoms with Gasteiger partial charge in [0.05, 0.1) is 24.9 Å². The number of ether oxygens (including phenoxy) is 1. The number of imidazole rings is 1. The van der Waals surface area contributed by atoms with Gasteiger partial charge in [0.1, 0.15) is 11.6 Å². The van der Waals surface area contributed by atoms with Crippen molar-refractivity contribution in [3.63, 3.8) is 0 Å². The normalized spacial score (nSPS) is 19.6. The summed E-state index contributed by atoms with van der Waals surface area (Å²) in [5, 5.41) is 14.7. The van der Waals surface area contributed by atoms with Crippen molar-refractivity contribution in [3.8, 4) is 0 Å². The maximum Gasteiger partial charge on any atom is 0.358 e. The van der Waals surface area contributed by atoms with E-state index in [1.165, 1.54) is 22.8 Å². The van der Waals surface area contributed by atoms with Crippen LogP contribution in [0.1, 0.15) is 35.4 Å². The molecule has 2 atom stereocenters. The van der Waals surface area contributed by atoms with Crippen LogP contribution in [0.5, 0.6) is 0 Å². The molecule has 4 rings (SSSR count). The third kappa shape index (κ3) is 3.23. The van der Waals surface area contributed by atoms with Gasteiger partial charge in [-0.25, -0.2) is 18.7 Å². The summed E-state index contributed by atoms with van der Waals surface area (Å²) < 4.78 is 20.1. The SMILES string of the molecule is CCOC(=O)c1cnc2ccc(N3CC(O)CC3c3cccc(F)c3)nn12. The molecule has 1 aromatic carbocycles. The molecular weight excluding hydrogens is 351 g/mol.